The zero-order chi connectivity index (χ0) is 12.6. The molecule has 0 bridgehead atoms. The highest BCUT2D eigenvalue weighted by Crippen LogP contribution is 2.34. The molecule has 0 saturated carbocycles. The number of ether oxygens (including phenoxy) is 1. The molecule has 1 aromatic carbocycles. The molecule has 1 saturated heterocycles. The zero-order valence-electron chi connectivity index (χ0n) is 10.7. The minimum atomic E-state index is -0.0313. The van der Waals surface area contributed by atoms with Gasteiger partial charge in [0.15, 0.2) is 0 Å². The van der Waals surface area contributed by atoms with Gasteiger partial charge < -0.3 is 15.0 Å². The molecule has 1 fully saturated rings. The van der Waals surface area contributed by atoms with Gasteiger partial charge in [-0.25, -0.2) is 4.79 Å². The van der Waals surface area contributed by atoms with E-state index < -0.39 is 0 Å². The minimum Gasteiger partial charge on any atom is -0.496 e. The fraction of sp³-hybridized carbons (Fsp3) is 0.462. The molecule has 2 amide bonds. The van der Waals surface area contributed by atoms with Crippen molar-refractivity contribution in [2.24, 2.45) is 0 Å². The third-order valence-corrected chi connectivity index (χ3v) is 3.25. The maximum absolute atomic E-state index is 11.5. The van der Waals surface area contributed by atoms with Crippen molar-refractivity contribution in [1.29, 1.82) is 0 Å². The first kappa shape index (κ1) is 11.8. The third kappa shape index (κ3) is 1.95. The number of carbonyl (C=O) groups excluding carboxylic acids is 1. The monoisotopic (exact) mass is 234 g/mol. The van der Waals surface area contributed by atoms with Crippen molar-refractivity contribution in [3.63, 3.8) is 0 Å². The van der Waals surface area contributed by atoms with Crippen molar-refractivity contribution in [3.05, 3.63) is 28.8 Å². The Morgan fingerprint density at radius 3 is 2.65 bits per heavy atom. The molecule has 1 unspecified atom stereocenters. The van der Waals surface area contributed by atoms with Gasteiger partial charge in [0.2, 0.25) is 0 Å². The zero-order valence-corrected chi connectivity index (χ0v) is 10.7. The van der Waals surface area contributed by atoms with E-state index in [0.717, 1.165) is 16.9 Å². The summed E-state index contributed by atoms with van der Waals surface area (Å²) in [6, 6.07) is 4.20. The number of nitrogens with zero attached hydrogens (tertiary/aromatic N) is 1. The predicted molar refractivity (Wildman–Crippen MR) is 66.4 cm³/mol. The quantitative estimate of drug-likeness (QED) is 0.850. The van der Waals surface area contributed by atoms with Gasteiger partial charge in [-0.1, -0.05) is 17.7 Å². The largest absolute Gasteiger partial charge is 0.496 e. The summed E-state index contributed by atoms with van der Waals surface area (Å²) in [5, 5.41) is 2.84. The molecule has 2 rings (SSSR count). The highest BCUT2D eigenvalue weighted by molar-refractivity contribution is 5.77. The number of benzene rings is 1. The van der Waals surface area contributed by atoms with Gasteiger partial charge >= 0.3 is 6.03 Å². The summed E-state index contributed by atoms with van der Waals surface area (Å²) >= 11 is 0. The fourth-order valence-electron chi connectivity index (χ4n) is 2.42. The normalized spacial score (nSPS) is 19.4. The van der Waals surface area contributed by atoms with Crippen LogP contribution in [-0.2, 0) is 0 Å². The lowest BCUT2D eigenvalue weighted by molar-refractivity contribution is 0.216. The smallest absolute Gasteiger partial charge is 0.317 e. The number of hydrogen-bond acceptors (Lipinski definition) is 2. The molecule has 1 aliphatic heterocycles. The van der Waals surface area contributed by atoms with E-state index in [2.05, 4.69) is 24.4 Å². The number of carbonyl (C=O) groups is 1. The van der Waals surface area contributed by atoms with Crippen molar-refractivity contribution in [1.82, 2.24) is 10.2 Å². The molecular weight excluding hydrogens is 216 g/mol. The van der Waals surface area contributed by atoms with Gasteiger partial charge in [0.1, 0.15) is 5.75 Å². The Morgan fingerprint density at radius 2 is 2.12 bits per heavy atom. The van der Waals surface area contributed by atoms with Crippen LogP contribution in [0.5, 0.6) is 5.75 Å². The number of nitrogens with one attached hydrogen (secondary N) is 1. The first-order valence-corrected chi connectivity index (χ1v) is 5.70. The van der Waals surface area contributed by atoms with Gasteiger partial charge in [0.25, 0.3) is 0 Å². The Labute approximate surface area is 102 Å². The average Bonchev–Trinajstić information content (AvgIpc) is 2.59. The van der Waals surface area contributed by atoms with Gasteiger partial charge in [-0.2, -0.15) is 0 Å². The standard InChI is InChI=1S/C13H18N2O2/c1-8-5-9(2)12(17-4)10(6-8)11-7-14-13(16)15(11)3/h5-6,11H,7H2,1-4H3,(H,14,16). The molecule has 1 aromatic rings. The highest BCUT2D eigenvalue weighted by atomic mass is 16.5. The van der Waals surface area contributed by atoms with E-state index in [0.29, 0.717) is 6.54 Å². The van der Waals surface area contributed by atoms with Crippen LogP contribution in [0.2, 0.25) is 0 Å². The van der Waals surface area contributed by atoms with Crippen molar-refractivity contribution in [2.75, 3.05) is 20.7 Å². The lowest BCUT2D eigenvalue weighted by atomic mass is 9.99. The van der Waals surface area contributed by atoms with Crippen molar-refractivity contribution < 1.29 is 9.53 Å². The molecule has 1 atom stereocenters. The van der Waals surface area contributed by atoms with Crippen LogP contribution in [0.15, 0.2) is 12.1 Å². The van der Waals surface area contributed by atoms with Crippen LogP contribution in [0.25, 0.3) is 0 Å². The molecule has 17 heavy (non-hydrogen) atoms. The third-order valence-electron chi connectivity index (χ3n) is 3.25. The van der Waals surface area contributed by atoms with Crippen LogP contribution in [0, 0.1) is 13.8 Å². The second-order valence-electron chi connectivity index (χ2n) is 4.52. The van der Waals surface area contributed by atoms with Crippen LogP contribution in [0.1, 0.15) is 22.7 Å². The number of rotatable bonds is 2. The second kappa shape index (κ2) is 4.28. The summed E-state index contributed by atoms with van der Waals surface area (Å²) in [6.45, 7) is 4.72. The van der Waals surface area contributed by atoms with Crippen molar-refractivity contribution in [2.45, 2.75) is 19.9 Å². The van der Waals surface area contributed by atoms with Crippen molar-refractivity contribution >= 4 is 6.03 Å². The molecule has 0 aliphatic carbocycles. The molecule has 4 nitrogen and oxygen atoms in total. The van der Waals surface area contributed by atoms with Gasteiger partial charge in [-0.3, -0.25) is 0 Å². The Bertz CT molecular complexity index is 457. The maximum atomic E-state index is 11.5. The molecular formula is C13H18N2O2. The Kier molecular flexibility index (Phi) is 2.96. The van der Waals surface area contributed by atoms with Crippen LogP contribution in [0.4, 0.5) is 4.79 Å². The Morgan fingerprint density at radius 1 is 1.41 bits per heavy atom. The summed E-state index contributed by atoms with van der Waals surface area (Å²) in [4.78, 5) is 13.2. The summed E-state index contributed by atoms with van der Waals surface area (Å²) in [5.74, 6) is 0.879. The van der Waals surface area contributed by atoms with Crippen LogP contribution < -0.4 is 10.1 Å². The van der Waals surface area contributed by atoms with Gasteiger partial charge in [-0.05, 0) is 19.4 Å². The highest BCUT2D eigenvalue weighted by Gasteiger charge is 2.31. The molecule has 0 aromatic heterocycles. The topological polar surface area (TPSA) is 41.6 Å². The summed E-state index contributed by atoms with van der Waals surface area (Å²) in [5.41, 5.74) is 3.37. The van der Waals surface area contributed by atoms with E-state index in [1.165, 1.54) is 5.56 Å². The van der Waals surface area contributed by atoms with Crippen LogP contribution in [0.3, 0.4) is 0 Å². The summed E-state index contributed by atoms with van der Waals surface area (Å²) < 4.78 is 5.46. The Hall–Kier alpha value is -1.71. The van der Waals surface area contributed by atoms with E-state index in [-0.39, 0.29) is 12.1 Å². The van der Waals surface area contributed by atoms with Gasteiger partial charge in [0, 0.05) is 19.2 Å². The Balaban J connectivity index is 2.47. The average molecular weight is 234 g/mol. The fourth-order valence-corrected chi connectivity index (χ4v) is 2.42. The van der Waals surface area contributed by atoms with Crippen LogP contribution in [-0.4, -0.2) is 31.6 Å². The van der Waals surface area contributed by atoms with E-state index >= 15 is 0 Å². The number of methoxy groups -OCH3 is 1. The molecule has 4 heteroatoms. The molecule has 1 aliphatic rings. The summed E-state index contributed by atoms with van der Waals surface area (Å²) in [6.07, 6.45) is 0. The molecule has 1 heterocycles. The molecule has 1 N–H and O–H groups in total. The van der Waals surface area contributed by atoms with E-state index in [9.17, 15) is 4.79 Å². The maximum Gasteiger partial charge on any atom is 0.317 e. The number of urea groups is 1. The predicted octanol–water partition coefficient (Wildman–Crippen LogP) is 2.01. The van der Waals surface area contributed by atoms with Gasteiger partial charge in [-0.15, -0.1) is 0 Å². The first-order valence-electron chi connectivity index (χ1n) is 5.70. The number of amides is 2. The van der Waals surface area contributed by atoms with Gasteiger partial charge in [0.05, 0.1) is 13.2 Å². The first-order chi connectivity index (χ1) is 8.04. The van der Waals surface area contributed by atoms with E-state index in [4.69, 9.17) is 4.74 Å². The molecule has 0 spiro atoms. The number of aryl methyl sites for hydroxylation is 2. The second-order valence-corrected chi connectivity index (χ2v) is 4.52. The molecule has 0 radical (unpaired) electrons. The van der Waals surface area contributed by atoms with Crippen LogP contribution >= 0.6 is 0 Å². The van der Waals surface area contributed by atoms with E-state index in [1.807, 2.05) is 14.0 Å². The van der Waals surface area contributed by atoms with Crippen molar-refractivity contribution in [3.8, 4) is 5.75 Å². The SMILES string of the molecule is COc1c(C)cc(C)cc1C1CNC(=O)N1C. The van der Waals surface area contributed by atoms with E-state index in [1.54, 1.807) is 12.0 Å². The molecule has 92 valence electrons. The minimum absolute atomic E-state index is 0.0313. The number of likely N-dealkylation sites (N-methyl/N-ethyl adjacent to an activating group) is 1. The lowest BCUT2D eigenvalue weighted by Crippen LogP contribution is -2.25. The lowest BCUT2D eigenvalue weighted by Gasteiger charge is -2.22. The summed E-state index contributed by atoms with van der Waals surface area (Å²) in [7, 11) is 3.48. The number of hydrogen-bond donors (Lipinski definition) is 1.